The first-order valence-corrected chi connectivity index (χ1v) is 11.5. The maximum atomic E-state index is 13.7. The summed E-state index contributed by atoms with van der Waals surface area (Å²) in [6.07, 6.45) is 2.75. The van der Waals surface area contributed by atoms with Crippen molar-refractivity contribution < 1.29 is 14.7 Å². The van der Waals surface area contributed by atoms with Crippen molar-refractivity contribution >= 4 is 29.0 Å². The minimum atomic E-state index is -1.82. The fourth-order valence-electron chi connectivity index (χ4n) is 5.15. The number of rotatable bonds is 5. The third-order valence-electron chi connectivity index (χ3n) is 7.60. The zero-order valence-corrected chi connectivity index (χ0v) is 19.2. The van der Waals surface area contributed by atoms with Gasteiger partial charge in [0.05, 0.1) is 18.2 Å². The van der Waals surface area contributed by atoms with Gasteiger partial charge >= 0.3 is 0 Å². The Bertz CT molecular complexity index is 1000. The molecule has 0 bridgehead atoms. The van der Waals surface area contributed by atoms with Gasteiger partial charge in [0, 0.05) is 17.0 Å². The molecule has 0 saturated heterocycles. The van der Waals surface area contributed by atoms with Crippen LogP contribution in [0.4, 0.5) is 5.69 Å². The molecule has 3 atom stereocenters. The van der Waals surface area contributed by atoms with Crippen LogP contribution in [0.5, 0.6) is 0 Å². The first-order chi connectivity index (χ1) is 14.7. The monoisotopic (exact) mass is 439 g/mol. The van der Waals surface area contributed by atoms with Crippen LogP contribution in [0.3, 0.4) is 0 Å². The minimum Gasteiger partial charge on any atom is -0.375 e. The Morgan fingerprint density at radius 1 is 1.13 bits per heavy atom. The van der Waals surface area contributed by atoms with E-state index in [4.69, 9.17) is 11.6 Å². The maximum absolute atomic E-state index is 13.7. The van der Waals surface area contributed by atoms with Gasteiger partial charge in [-0.25, -0.2) is 0 Å². The lowest BCUT2D eigenvalue weighted by Gasteiger charge is -2.42. The van der Waals surface area contributed by atoms with E-state index < -0.39 is 17.4 Å². The number of aliphatic hydroxyl groups is 1. The van der Waals surface area contributed by atoms with E-state index in [0.717, 1.165) is 18.4 Å². The number of para-hydroxylation sites is 1. The third-order valence-corrected chi connectivity index (χ3v) is 7.85. The summed E-state index contributed by atoms with van der Waals surface area (Å²) in [5.74, 6) is -0.852. The van der Waals surface area contributed by atoms with Gasteiger partial charge in [0.25, 0.3) is 5.91 Å². The van der Waals surface area contributed by atoms with E-state index in [-0.39, 0.29) is 17.1 Å². The highest BCUT2D eigenvalue weighted by Gasteiger charge is 2.58. The Morgan fingerprint density at radius 2 is 1.81 bits per heavy atom. The van der Waals surface area contributed by atoms with E-state index in [0.29, 0.717) is 35.7 Å². The highest BCUT2D eigenvalue weighted by Crippen LogP contribution is 2.51. The number of carbonyl (C=O) groups excluding carboxylic acids is 2. The highest BCUT2D eigenvalue weighted by molar-refractivity contribution is 6.30. The van der Waals surface area contributed by atoms with E-state index in [1.54, 1.807) is 23.1 Å². The lowest BCUT2D eigenvalue weighted by atomic mass is 9.62. The number of benzene rings is 2. The van der Waals surface area contributed by atoms with E-state index >= 15 is 0 Å². The normalized spacial score (nSPS) is 26.3. The largest absolute Gasteiger partial charge is 0.375 e. The van der Waals surface area contributed by atoms with E-state index in [1.165, 1.54) is 0 Å². The van der Waals surface area contributed by atoms with Gasteiger partial charge in [-0.05, 0) is 47.9 Å². The fraction of sp³-hybridized carbons (Fsp3) is 0.462. The highest BCUT2D eigenvalue weighted by atomic mass is 35.5. The average Bonchev–Trinajstić information content (AvgIpc) is 2.98. The molecule has 3 unspecified atom stereocenters. The molecule has 2 aromatic carbocycles. The van der Waals surface area contributed by atoms with Crippen LogP contribution in [-0.2, 0) is 21.7 Å². The van der Waals surface area contributed by atoms with Crippen molar-refractivity contribution in [2.24, 2.45) is 17.3 Å². The van der Waals surface area contributed by atoms with Gasteiger partial charge in [-0.3, -0.25) is 9.59 Å². The lowest BCUT2D eigenvalue weighted by Crippen LogP contribution is -2.51. The van der Waals surface area contributed by atoms with Gasteiger partial charge in [-0.15, -0.1) is 0 Å². The van der Waals surface area contributed by atoms with E-state index in [2.05, 4.69) is 20.8 Å². The molecule has 1 fully saturated rings. The molecule has 1 aliphatic carbocycles. The summed E-state index contributed by atoms with van der Waals surface area (Å²) in [4.78, 5) is 28.4. The Balaban J connectivity index is 1.72. The second-order valence-electron chi connectivity index (χ2n) is 9.63. The zero-order chi connectivity index (χ0) is 22.4. The van der Waals surface area contributed by atoms with Crippen molar-refractivity contribution in [1.82, 2.24) is 0 Å². The fourth-order valence-corrected chi connectivity index (χ4v) is 5.28. The van der Waals surface area contributed by atoms with Crippen LogP contribution < -0.4 is 4.90 Å². The molecule has 1 saturated carbocycles. The molecule has 1 heterocycles. The summed E-state index contributed by atoms with van der Waals surface area (Å²) in [5.41, 5.74) is 0.371. The quantitative estimate of drug-likeness (QED) is 0.669. The van der Waals surface area contributed by atoms with Crippen LogP contribution in [0, 0.1) is 17.3 Å². The van der Waals surface area contributed by atoms with Gasteiger partial charge < -0.3 is 10.0 Å². The number of fused-ring (bicyclic) bond motifs is 1. The van der Waals surface area contributed by atoms with Crippen LogP contribution in [0.1, 0.15) is 57.6 Å². The molecular weight excluding hydrogens is 410 g/mol. The molecule has 5 heteroatoms. The molecule has 0 radical (unpaired) electrons. The summed E-state index contributed by atoms with van der Waals surface area (Å²) in [7, 11) is 0. The number of hydrogen-bond donors (Lipinski definition) is 1. The Morgan fingerprint density at radius 3 is 2.48 bits per heavy atom. The SMILES string of the molecule is CCC(C)(C)C1CCC(=O)C(C2(O)C(=O)N(Cc3ccc(Cl)cc3)c3ccccc32)C1. The van der Waals surface area contributed by atoms with E-state index in [9.17, 15) is 14.7 Å². The Kier molecular flexibility index (Phi) is 5.74. The number of Topliss-reactive ketones (excluding diaryl/α,β-unsaturated/α-hetero) is 1. The topological polar surface area (TPSA) is 57.6 Å². The molecule has 1 N–H and O–H groups in total. The van der Waals surface area contributed by atoms with Crippen LogP contribution in [0.15, 0.2) is 48.5 Å². The van der Waals surface area contributed by atoms with Crippen LogP contribution >= 0.6 is 11.6 Å². The predicted octanol–water partition coefficient (Wildman–Crippen LogP) is 5.50. The van der Waals surface area contributed by atoms with Gasteiger partial charge in [-0.1, -0.05) is 69.1 Å². The Labute approximate surface area is 189 Å². The van der Waals surface area contributed by atoms with Crippen molar-refractivity contribution in [2.45, 2.75) is 58.6 Å². The van der Waals surface area contributed by atoms with Gasteiger partial charge in [-0.2, -0.15) is 0 Å². The van der Waals surface area contributed by atoms with Crippen molar-refractivity contribution in [3.63, 3.8) is 0 Å². The smallest absolute Gasteiger partial charge is 0.264 e. The summed E-state index contributed by atoms with van der Waals surface area (Å²) in [6, 6.07) is 14.7. The standard InChI is InChI=1S/C26H30ClNO3/c1-4-25(2,3)18-11-14-23(29)21(15-18)26(31)20-7-5-6-8-22(20)28(24(26)30)16-17-9-12-19(27)13-10-17/h5-10,12-13,18,21,31H,4,11,14-16H2,1-3H3. The van der Waals surface area contributed by atoms with Crippen LogP contribution in [0.25, 0.3) is 0 Å². The lowest BCUT2D eigenvalue weighted by molar-refractivity contribution is -0.155. The molecule has 0 aromatic heterocycles. The Hall–Kier alpha value is -2.17. The zero-order valence-electron chi connectivity index (χ0n) is 18.4. The second-order valence-corrected chi connectivity index (χ2v) is 10.1. The van der Waals surface area contributed by atoms with Gasteiger partial charge in [0.1, 0.15) is 5.78 Å². The van der Waals surface area contributed by atoms with Crippen LogP contribution in [0.2, 0.25) is 5.02 Å². The molecule has 31 heavy (non-hydrogen) atoms. The van der Waals surface area contributed by atoms with Crippen molar-refractivity contribution in [1.29, 1.82) is 0 Å². The summed E-state index contributed by atoms with van der Waals surface area (Å²) in [5, 5.41) is 12.6. The maximum Gasteiger partial charge on any atom is 0.264 e. The summed E-state index contributed by atoms with van der Waals surface area (Å²) >= 11 is 6.01. The first-order valence-electron chi connectivity index (χ1n) is 11.1. The second kappa shape index (κ2) is 8.07. The number of carbonyl (C=O) groups is 2. The van der Waals surface area contributed by atoms with Crippen molar-refractivity contribution in [2.75, 3.05) is 4.90 Å². The number of anilines is 1. The summed E-state index contributed by atoms with van der Waals surface area (Å²) < 4.78 is 0. The number of nitrogens with zero attached hydrogens (tertiary/aromatic N) is 1. The van der Waals surface area contributed by atoms with Gasteiger partial charge in [0.15, 0.2) is 5.60 Å². The number of amides is 1. The molecule has 4 nitrogen and oxygen atoms in total. The minimum absolute atomic E-state index is 0.0119. The molecule has 1 amide bonds. The number of ketones is 1. The van der Waals surface area contributed by atoms with Crippen LogP contribution in [-0.4, -0.2) is 16.8 Å². The van der Waals surface area contributed by atoms with Gasteiger partial charge in [0.2, 0.25) is 0 Å². The number of halogens is 1. The first kappa shape index (κ1) is 22.0. The third kappa shape index (κ3) is 3.70. The molecule has 1 aliphatic heterocycles. The van der Waals surface area contributed by atoms with Crippen molar-refractivity contribution in [3.05, 3.63) is 64.7 Å². The van der Waals surface area contributed by atoms with E-state index in [1.807, 2.05) is 30.3 Å². The average molecular weight is 440 g/mol. The molecule has 2 aliphatic rings. The summed E-state index contributed by atoms with van der Waals surface area (Å²) in [6.45, 7) is 6.90. The molecule has 4 rings (SSSR count). The molecule has 2 aromatic rings. The molecular formula is C26H30ClNO3. The van der Waals surface area contributed by atoms with Crippen molar-refractivity contribution in [3.8, 4) is 0 Å². The molecule has 0 spiro atoms. The molecule has 164 valence electrons. The number of hydrogen-bond acceptors (Lipinski definition) is 3. The predicted molar refractivity (Wildman–Crippen MR) is 123 cm³/mol.